The summed E-state index contributed by atoms with van der Waals surface area (Å²) < 4.78 is 15.9. The van der Waals surface area contributed by atoms with Gasteiger partial charge in [-0.2, -0.15) is 0 Å². The Balaban J connectivity index is 1.40. The molecule has 0 N–H and O–H groups in total. The van der Waals surface area contributed by atoms with Gasteiger partial charge in [-0.1, -0.05) is 24.3 Å². The molecule has 0 saturated carbocycles. The summed E-state index contributed by atoms with van der Waals surface area (Å²) in [6, 6.07) is 14.7. The molecule has 2 heterocycles. The number of rotatable bonds is 5. The van der Waals surface area contributed by atoms with Crippen molar-refractivity contribution in [2.45, 2.75) is 13.0 Å². The summed E-state index contributed by atoms with van der Waals surface area (Å²) in [7, 11) is 3.18. The molecule has 0 bridgehead atoms. The summed E-state index contributed by atoms with van der Waals surface area (Å²) >= 11 is 0. The third-order valence-corrected chi connectivity index (χ3v) is 5.21. The van der Waals surface area contributed by atoms with Gasteiger partial charge in [0.25, 0.3) is 5.91 Å². The number of para-hydroxylation sites is 1. The Bertz CT molecular complexity index is 1110. The topological polar surface area (TPSA) is 78.0 Å². The Morgan fingerprint density at radius 1 is 1.00 bits per heavy atom. The number of benzene rings is 2. The van der Waals surface area contributed by atoms with Gasteiger partial charge in [-0.3, -0.25) is 4.79 Å². The molecule has 1 aromatic heterocycles. The fourth-order valence-corrected chi connectivity index (χ4v) is 3.57. The second-order valence-corrected chi connectivity index (χ2v) is 7.01. The molecule has 7 heteroatoms. The predicted molar refractivity (Wildman–Crippen MR) is 111 cm³/mol. The van der Waals surface area contributed by atoms with Gasteiger partial charge in [0, 0.05) is 18.5 Å². The first-order valence-electron chi connectivity index (χ1n) is 9.63. The first-order valence-corrected chi connectivity index (χ1v) is 9.63. The van der Waals surface area contributed by atoms with Crippen molar-refractivity contribution in [1.82, 2.24) is 9.88 Å². The maximum Gasteiger partial charge on any atom is 0.357 e. The normalized spacial score (nSPS) is 12.9. The fourth-order valence-electron chi connectivity index (χ4n) is 3.57. The van der Waals surface area contributed by atoms with Crippen LogP contribution in [-0.2, 0) is 22.5 Å². The minimum Gasteiger partial charge on any atom is -0.493 e. The number of amides is 1. The van der Waals surface area contributed by atoms with E-state index in [0.29, 0.717) is 36.5 Å². The van der Waals surface area contributed by atoms with Crippen LogP contribution in [0, 0.1) is 0 Å². The van der Waals surface area contributed by atoms with Crippen molar-refractivity contribution in [3.05, 3.63) is 65.4 Å². The summed E-state index contributed by atoms with van der Waals surface area (Å²) in [5, 5.41) is 0.934. The van der Waals surface area contributed by atoms with Gasteiger partial charge in [0.2, 0.25) is 0 Å². The number of carbonyl (C=O) groups is 2. The number of methoxy groups -OCH3 is 2. The zero-order valence-electron chi connectivity index (χ0n) is 16.9. The summed E-state index contributed by atoms with van der Waals surface area (Å²) in [6.45, 7) is 0.656. The van der Waals surface area contributed by atoms with Crippen molar-refractivity contribution in [2.24, 2.45) is 0 Å². The molecular weight excluding hydrogens is 384 g/mol. The van der Waals surface area contributed by atoms with Gasteiger partial charge >= 0.3 is 5.97 Å². The average Bonchev–Trinajstić information content (AvgIpc) is 2.80. The van der Waals surface area contributed by atoms with Crippen molar-refractivity contribution >= 4 is 22.8 Å². The van der Waals surface area contributed by atoms with E-state index in [1.807, 2.05) is 42.5 Å². The van der Waals surface area contributed by atoms with Crippen molar-refractivity contribution in [1.29, 1.82) is 0 Å². The van der Waals surface area contributed by atoms with Crippen molar-refractivity contribution in [3.8, 4) is 11.5 Å². The lowest BCUT2D eigenvalue weighted by Crippen LogP contribution is -2.38. The maximum absolute atomic E-state index is 12.6. The molecule has 0 unspecified atom stereocenters. The minimum atomic E-state index is -0.613. The summed E-state index contributed by atoms with van der Waals surface area (Å²) in [5.41, 5.74) is 3.00. The first-order chi connectivity index (χ1) is 14.6. The second kappa shape index (κ2) is 8.41. The smallest absolute Gasteiger partial charge is 0.357 e. The highest BCUT2D eigenvalue weighted by molar-refractivity contribution is 5.92. The van der Waals surface area contributed by atoms with Crippen LogP contribution in [0.15, 0.2) is 48.5 Å². The maximum atomic E-state index is 12.6. The van der Waals surface area contributed by atoms with E-state index in [1.165, 1.54) is 0 Å². The molecule has 1 amide bonds. The van der Waals surface area contributed by atoms with E-state index in [2.05, 4.69) is 4.98 Å². The Labute approximate surface area is 174 Å². The van der Waals surface area contributed by atoms with Gasteiger partial charge in [0.05, 0.1) is 19.7 Å². The van der Waals surface area contributed by atoms with E-state index >= 15 is 0 Å². The number of ether oxygens (including phenoxy) is 3. The van der Waals surface area contributed by atoms with Crippen LogP contribution >= 0.6 is 0 Å². The second-order valence-electron chi connectivity index (χ2n) is 7.01. The van der Waals surface area contributed by atoms with E-state index < -0.39 is 5.97 Å². The third kappa shape index (κ3) is 3.91. The van der Waals surface area contributed by atoms with E-state index in [9.17, 15) is 9.59 Å². The molecule has 0 saturated heterocycles. The lowest BCUT2D eigenvalue weighted by molar-refractivity contribution is -0.135. The molecule has 4 rings (SSSR count). The SMILES string of the molecule is COc1cc2c(cc1OC)CN(C(=O)COC(=O)c1ccc3ccccc3n1)CC2. The molecule has 0 fully saturated rings. The highest BCUT2D eigenvalue weighted by atomic mass is 16.5. The molecule has 0 radical (unpaired) electrons. The standard InChI is InChI=1S/C23H22N2O5/c1-28-20-11-16-9-10-25(13-17(16)12-21(20)29-2)22(26)14-30-23(27)19-8-7-15-5-3-4-6-18(15)24-19/h3-8,11-12H,9-10,13-14H2,1-2H3. The van der Waals surface area contributed by atoms with Crippen LogP contribution in [0.5, 0.6) is 11.5 Å². The molecule has 3 aromatic rings. The molecule has 30 heavy (non-hydrogen) atoms. The molecule has 1 aliphatic heterocycles. The predicted octanol–water partition coefficient (Wildman–Crippen LogP) is 2.99. The number of nitrogens with zero attached hydrogens (tertiary/aromatic N) is 2. The number of hydrogen-bond donors (Lipinski definition) is 0. The van der Waals surface area contributed by atoms with Gasteiger partial charge in [-0.05, 0) is 41.8 Å². The van der Waals surface area contributed by atoms with Crippen LogP contribution < -0.4 is 9.47 Å². The molecule has 154 valence electrons. The Morgan fingerprint density at radius 3 is 2.50 bits per heavy atom. The average molecular weight is 406 g/mol. The number of hydrogen-bond acceptors (Lipinski definition) is 6. The van der Waals surface area contributed by atoms with E-state index in [-0.39, 0.29) is 18.2 Å². The molecule has 2 aromatic carbocycles. The summed E-state index contributed by atoms with van der Waals surface area (Å²) in [4.78, 5) is 30.9. The van der Waals surface area contributed by atoms with Crippen LogP contribution in [0.4, 0.5) is 0 Å². The van der Waals surface area contributed by atoms with Crippen LogP contribution in [0.1, 0.15) is 21.6 Å². The van der Waals surface area contributed by atoms with Crippen molar-refractivity contribution < 1.29 is 23.8 Å². The van der Waals surface area contributed by atoms with Crippen molar-refractivity contribution in [3.63, 3.8) is 0 Å². The number of esters is 1. The highest BCUT2D eigenvalue weighted by Crippen LogP contribution is 2.33. The highest BCUT2D eigenvalue weighted by Gasteiger charge is 2.24. The summed E-state index contributed by atoms with van der Waals surface area (Å²) in [6.07, 6.45) is 0.696. The van der Waals surface area contributed by atoms with Gasteiger partial charge in [-0.15, -0.1) is 0 Å². The van der Waals surface area contributed by atoms with Crippen LogP contribution in [0.3, 0.4) is 0 Å². The first kappa shape index (κ1) is 19.7. The Morgan fingerprint density at radius 2 is 1.73 bits per heavy atom. The largest absolute Gasteiger partial charge is 0.493 e. The molecule has 1 aliphatic rings. The van der Waals surface area contributed by atoms with E-state index in [0.717, 1.165) is 16.5 Å². The molecular formula is C23H22N2O5. The fraction of sp³-hybridized carbons (Fsp3) is 0.261. The molecule has 0 atom stereocenters. The number of pyridine rings is 1. The van der Waals surface area contributed by atoms with Crippen molar-refractivity contribution in [2.75, 3.05) is 27.4 Å². The number of carbonyl (C=O) groups excluding carboxylic acids is 2. The quantitative estimate of drug-likeness (QED) is 0.606. The van der Waals surface area contributed by atoms with Crippen LogP contribution in [0.25, 0.3) is 10.9 Å². The summed E-state index contributed by atoms with van der Waals surface area (Å²) in [5.74, 6) is 0.440. The van der Waals surface area contributed by atoms with Crippen LogP contribution in [0.2, 0.25) is 0 Å². The minimum absolute atomic E-state index is 0.183. The zero-order valence-corrected chi connectivity index (χ0v) is 16.9. The third-order valence-electron chi connectivity index (χ3n) is 5.21. The Hall–Kier alpha value is -3.61. The lowest BCUT2D eigenvalue weighted by Gasteiger charge is -2.29. The lowest BCUT2D eigenvalue weighted by atomic mass is 9.99. The van der Waals surface area contributed by atoms with Crippen LogP contribution in [-0.4, -0.2) is 49.1 Å². The molecule has 7 nitrogen and oxygen atoms in total. The monoisotopic (exact) mass is 406 g/mol. The zero-order chi connectivity index (χ0) is 21.1. The van der Waals surface area contributed by atoms with Gasteiger partial charge < -0.3 is 19.1 Å². The number of fused-ring (bicyclic) bond motifs is 2. The molecule has 0 aliphatic carbocycles. The van der Waals surface area contributed by atoms with Gasteiger partial charge in [-0.25, -0.2) is 9.78 Å². The van der Waals surface area contributed by atoms with Gasteiger partial charge in [0.1, 0.15) is 5.69 Å². The van der Waals surface area contributed by atoms with E-state index in [4.69, 9.17) is 14.2 Å². The van der Waals surface area contributed by atoms with Gasteiger partial charge in [0.15, 0.2) is 18.1 Å². The number of aromatic nitrogens is 1. The van der Waals surface area contributed by atoms with E-state index in [1.54, 1.807) is 25.2 Å². The Kier molecular flexibility index (Phi) is 5.52. The molecule has 0 spiro atoms.